The van der Waals surface area contributed by atoms with Crippen molar-refractivity contribution in [2.75, 3.05) is 0 Å². The molecule has 3 heteroatoms. The molecular formula is C29H22N2O. The summed E-state index contributed by atoms with van der Waals surface area (Å²) >= 11 is 0. The fourth-order valence-corrected chi connectivity index (χ4v) is 4.93. The largest absolute Gasteiger partial charge is 0.309 e. The molecule has 0 saturated carbocycles. The number of fused-ring (bicyclic) bond motifs is 7. The number of allylic oxidation sites excluding steroid dienone is 1. The van der Waals surface area contributed by atoms with Gasteiger partial charge in [-0.3, -0.25) is 9.36 Å². The molecule has 3 nitrogen and oxygen atoms in total. The first-order valence-electron chi connectivity index (χ1n) is 10.8. The van der Waals surface area contributed by atoms with Gasteiger partial charge in [-0.15, -0.1) is 0 Å². The first kappa shape index (κ1) is 18.6. The number of nitrogens with zero attached hydrogens (tertiary/aromatic N) is 2. The number of carbonyl (C=O) groups excluding carboxylic acids is 1. The van der Waals surface area contributed by atoms with Crippen molar-refractivity contribution < 1.29 is 4.79 Å². The van der Waals surface area contributed by atoms with E-state index in [1.165, 1.54) is 5.56 Å². The van der Waals surface area contributed by atoms with Gasteiger partial charge in [0.25, 0.3) is 5.91 Å². The lowest BCUT2D eigenvalue weighted by atomic mass is 10.1. The van der Waals surface area contributed by atoms with Gasteiger partial charge >= 0.3 is 0 Å². The van der Waals surface area contributed by atoms with Gasteiger partial charge in [0.05, 0.1) is 22.1 Å². The average Bonchev–Trinajstić information content (AvgIpc) is 3.31. The SMILES string of the molecule is C=C(C)C(=O)n1c2ccc(C)cc2c2ccc3c(c4ccccc4n3-c3ccccc3)c21. The summed E-state index contributed by atoms with van der Waals surface area (Å²) in [5.41, 5.74) is 6.86. The van der Waals surface area contributed by atoms with E-state index in [1.54, 1.807) is 6.92 Å². The van der Waals surface area contributed by atoms with Crippen molar-refractivity contribution in [3.8, 4) is 5.69 Å². The van der Waals surface area contributed by atoms with E-state index in [0.29, 0.717) is 5.57 Å². The van der Waals surface area contributed by atoms with Gasteiger partial charge in [-0.05, 0) is 50.2 Å². The summed E-state index contributed by atoms with van der Waals surface area (Å²) in [6, 6.07) is 29.4. The van der Waals surface area contributed by atoms with E-state index >= 15 is 0 Å². The van der Waals surface area contributed by atoms with Gasteiger partial charge in [0.15, 0.2) is 0 Å². The Hall–Kier alpha value is -4.11. The average molecular weight is 415 g/mol. The Labute approximate surface area is 185 Å². The number of hydrogen-bond donors (Lipinski definition) is 0. The highest BCUT2D eigenvalue weighted by Gasteiger charge is 2.22. The van der Waals surface area contributed by atoms with E-state index in [9.17, 15) is 4.79 Å². The Bertz CT molecular complexity index is 1710. The summed E-state index contributed by atoms with van der Waals surface area (Å²) < 4.78 is 4.14. The predicted molar refractivity (Wildman–Crippen MR) is 134 cm³/mol. The van der Waals surface area contributed by atoms with Crippen LogP contribution in [0.5, 0.6) is 0 Å². The molecule has 0 radical (unpaired) electrons. The summed E-state index contributed by atoms with van der Waals surface area (Å²) in [5, 5.41) is 4.40. The van der Waals surface area contributed by atoms with Crippen LogP contribution in [-0.2, 0) is 0 Å². The molecule has 0 fully saturated rings. The molecule has 4 aromatic carbocycles. The molecule has 2 heterocycles. The summed E-state index contributed by atoms with van der Waals surface area (Å²) in [6.45, 7) is 7.83. The second-order valence-electron chi connectivity index (χ2n) is 8.49. The molecule has 2 aromatic heterocycles. The zero-order chi connectivity index (χ0) is 22.0. The lowest BCUT2D eigenvalue weighted by molar-refractivity contribution is 0.0965. The molecule has 0 aliphatic heterocycles. The van der Waals surface area contributed by atoms with Crippen molar-refractivity contribution in [3.05, 3.63) is 103 Å². The topological polar surface area (TPSA) is 26.9 Å². The molecule has 0 aliphatic carbocycles. The molecule has 32 heavy (non-hydrogen) atoms. The molecule has 0 bridgehead atoms. The Balaban J connectivity index is 1.92. The number of hydrogen-bond acceptors (Lipinski definition) is 1. The smallest absolute Gasteiger partial charge is 0.257 e. The number of benzene rings is 4. The highest BCUT2D eigenvalue weighted by atomic mass is 16.2. The standard InChI is InChI=1S/C29H22N2O/c1-18(2)29(32)31-25-15-13-19(3)17-23(25)21-14-16-26-27(28(21)31)22-11-7-8-12-24(22)30(26)20-9-5-4-6-10-20/h4-17H,1H2,2-3H3. The van der Waals surface area contributed by atoms with Crippen molar-refractivity contribution in [2.24, 2.45) is 0 Å². The minimum absolute atomic E-state index is 0.0714. The van der Waals surface area contributed by atoms with Gasteiger partial charge in [0.2, 0.25) is 0 Å². The van der Waals surface area contributed by atoms with Gasteiger partial charge in [-0.25, -0.2) is 0 Å². The van der Waals surface area contributed by atoms with E-state index in [4.69, 9.17) is 0 Å². The number of aromatic nitrogens is 2. The maximum Gasteiger partial charge on any atom is 0.257 e. The summed E-state index contributed by atoms with van der Waals surface area (Å²) in [5.74, 6) is -0.0714. The third-order valence-electron chi connectivity index (χ3n) is 6.30. The van der Waals surface area contributed by atoms with E-state index in [1.807, 2.05) is 16.7 Å². The number of carbonyl (C=O) groups is 1. The lowest BCUT2D eigenvalue weighted by Crippen LogP contribution is -2.10. The second kappa shape index (κ2) is 6.69. The van der Waals surface area contributed by atoms with Crippen LogP contribution in [0.25, 0.3) is 49.3 Å². The Morgan fingerprint density at radius 3 is 2.25 bits per heavy atom. The molecule has 0 spiro atoms. The van der Waals surface area contributed by atoms with Gasteiger partial charge in [0, 0.05) is 32.8 Å². The van der Waals surface area contributed by atoms with Crippen LogP contribution < -0.4 is 0 Å². The lowest BCUT2D eigenvalue weighted by Gasteiger charge is -2.09. The maximum absolute atomic E-state index is 13.4. The fraction of sp³-hybridized carbons (Fsp3) is 0.0690. The summed E-state index contributed by atoms with van der Waals surface area (Å²) in [4.78, 5) is 13.4. The van der Waals surface area contributed by atoms with E-state index in [2.05, 4.69) is 90.9 Å². The van der Waals surface area contributed by atoms with Crippen LogP contribution in [0.1, 0.15) is 17.3 Å². The molecule has 154 valence electrons. The van der Waals surface area contributed by atoms with Crippen molar-refractivity contribution in [1.29, 1.82) is 0 Å². The van der Waals surface area contributed by atoms with Crippen molar-refractivity contribution >= 4 is 49.5 Å². The Morgan fingerprint density at radius 2 is 1.47 bits per heavy atom. The van der Waals surface area contributed by atoms with E-state index < -0.39 is 0 Å². The molecule has 0 aliphatic rings. The molecule has 6 rings (SSSR count). The quantitative estimate of drug-likeness (QED) is 0.271. The fourth-order valence-electron chi connectivity index (χ4n) is 4.93. The van der Waals surface area contributed by atoms with Crippen LogP contribution in [0.3, 0.4) is 0 Å². The molecule has 0 unspecified atom stereocenters. The monoisotopic (exact) mass is 414 g/mol. The second-order valence-corrected chi connectivity index (χ2v) is 8.49. The predicted octanol–water partition coefficient (Wildman–Crippen LogP) is 7.42. The van der Waals surface area contributed by atoms with Crippen molar-refractivity contribution in [2.45, 2.75) is 13.8 Å². The van der Waals surface area contributed by atoms with Crippen LogP contribution in [0.4, 0.5) is 0 Å². The maximum atomic E-state index is 13.4. The van der Waals surface area contributed by atoms with Crippen LogP contribution in [0.2, 0.25) is 0 Å². The minimum Gasteiger partial charge on any atom is -0.309 e. The molecule has 0 N–H and O–H groups in total. The normalized spacial score (nSPS) is 11.7. The molecule has 0 saturated heterocycles. The van der Waals surface area contributed by atoms with Crippen LogP contribution >= 0.6 is 0 Å². The first-order chi connectivity index (χ1) is 15.6. The van der Waals surface area contributed by atoms with Gasteiger partial charge in [0.1, 0.15) is 0 Å². The van der Waals surface area contributed by atoms with Gasteiger partial charge < -0.3 is 4.57 Å². The van der Waals surface area contributed by atoms with Crippen LogP contribution in [0, 0.1) is 6.92 Å². The van der Waals surface area contributed by atoms with Gasteiger partial charge in [-0.2, -0.15) is 0 Å². The summed E-state index contributed by atoms with van der Waals surface area (Å²) in [7, 11) is 0. The third kappa shape index (κ3) is 2.45. The van der Waals surface area contributed by atoms with Crippen molar-refractivity contribution in [1.82, 2.24) is 9.13 Å². The first-order valence-corrected chi connectivity index (χ1v) is 10.8. The summed E-state index contributed by atoms with van der Waals surface area (Å²) in [6.07, 6.45) is 0. The highest BCUT2D eigenvalue weighted by molar-refractivity contribution is 6.28. The van der Waals surface area contributed by atoms with E-state index in [0.717, 1.165) is 49.3 Å². The third-order valence-corrected chi connectivity index (χ3v) is 6.30. The molecule has 0 atom stereocenters. The Morgan fingerprint density at radius 1 is 0.750 bits per heavy atom. The zero-order valence-corrected chi connectivity index (χ0v) is 18.1. The van der Waals surface area contributed by atoms with Crippen LogP contribution in [-0.4, -0.2) is 15.0 Å². The molecule has 0 amide bonds. The highest BCUT2D eigenvalue weighted by Crippen LogP contribution is 2.40. The Kier molecular flexibility index (Phi) is 3.90. The number of rotatable bonds is 2. The van der Waals surface area contributed by atoms with Crippen LogP contribution in [0.15, 0.2) is 97.1 Å². The zero-order valence-electron chi connectivity index (χ0n) is 18.1. The van der Waals surface area contributed by atoms with Crippen molar-refractivity contribution in [3.63, 3.8) is 0 Å². The van der Waals surface area contributed by atoms with E-state index in [-0.39, 0.29) is 5.91 Å². The number of aryl methyl sites for hydroxylation is 1. The molecule has 6 aromatic rings. The molecular weight excluding hydrogens is 392 g/mol. The van der Waals surface area contributed by atoms with Gasteiger partial charge in [-0.1, -0.05) is 60.7 Å². The number of para-hydroxylation sites is 2. The minimum atomic E-state index is -0.0714.